The fourth-order valence-corrected chi connectivity index (χ4v) is 4.20. The van der Waals surface area contributed by atoms with Crippen LogP contribution in [0.3, 0.4) is 0 Å². The fourth-order valence-electron chi connectivity index (χ4n) is 3.76. The molecule has 2 N–H and O–H groups in total. The molecule has 1 aliphatic rings. The first-order valence-corrected chi connectivity index (χ1v) is 12.6. The molecule has 0 saturated carbocycles. The molecule has 39 heavy (non-hydrogen) atoms. The number of barbiturate groups is 1. The molecule has 1 saturated heterocycles. The van der Waals surface area contributed by atoms with Gasteiger partial charge in [0.05, 0.1) is 12.3 Å². The zero-order valence-corrected chi connectivity index (χ0v) is 22.5. The van der Waals surface area contributed by atoms with Crippen LogP contribution in [0.4, 0.5) is 20.6 Å². The first-order chi connectivity index (χ1) is 18.7. The quantitative estimate of drug-likeness (QED) is 0.280. The maximum atomic E-state index is 13.3. The van der Waals surface area contributed by atoms with Gasteiger partial charge in [0.2, 0.25) is 0 Å². The van der Waals surface area contributed by atoms with Gasteiger partial charge in [0, 0.05) is 10.2 Å². The number of carbonyl (C=O) groups excluding carboxylic acids is 4. The minimum absolute atomic E-state index is 0.233. The topological polar surface area (TPSA) is 114 Å². The number of carbonyl (C=O) groups is 4. The summed E-state index contributed by atoms with van der Waals surface area (Å²) in [5.74, 6) is -2.02. The maximum absolute atomic E-state index is 13.3. The molecule has 5 amide bonds. The number of nitrogens with one attached hydrogen (secondary N) is 2. The van der Waals surface area contributed by atoms with Crippen LogP contribution in [0.25, 0.3) is 6.08 Å². The second-order valence-electron chi connectivity index (χ2n) is 8.34. The number of anilines is 2. The maximum Gasteiger partial charge on any atom is 0.335 e. The van der Waals surface area contributed by atoms with Crippen LogP contribution < -0.4 is 25.0 Å². The monoisotopic (exact) mass is 595 g/mol. The van der Waals surface area contributed by atoms with E-state index in [1.165, 1.54) is 36.4 Å². The normalized spacial score (nSPS) is 14.3. The number of benzene rings is 3. The summed E-state index contributed by atoms with van der Waals surface area (Å²) >= 11 is 3.41. The summed E-state index contributed by atoms with van der Waals surface area (Å²) in [7, 11) is 0. The molecule has 3 aromatic rings. The number of amides is 5. The Morgan fingerprint density at radius 2 is 1.74 bits per heavy atom. The third-order valence-electron chi connectivity index (χ3n) is 5.61. The summed E-state index contributed by atoms with van der Waals surface area (Å²) in [4.78, 5) is 51.7. The summed E-state index contributed by atoms with van der Waals surface area (Å²) in [6.07, 6.45) is 1.34. The minimum Gasteiger partial charge on any atom is -0.490 e. The smallest absolute Gasteiger partial charge is 0.335 e. The third-order valence-corrected chi connectivity index (χ3v) is 6.29. The molecule has 1 aliphatic heterocycles. The van der Waals surface area contributed by atoms with Crippen molar-refractivity contribution in [2.45, 2.75) is 13.8 Å². The highest BCUT2D eigenvalue weighted by atomic mass is 79.9. The van der Waals surface area contributed by atoms with Crippen LogP contribution >= 0.6 is 15.9 Å². The summed E-state index contributed by atoms with van der Waals surface area (Å²) < 4.78 is 24.8. The second kappa shape index (κ2) is 11.9. The van der Waals surface area contributed by atoms with Crippen LogP contribution in [0.1, 0.15) is 18.1 Å². The molecule has 0 aromatic heterocycles. The first-order valence-electron chi connectivity index (χ1n) is 11.8. The molecule has 1 heterocycles. The highest BCUT2D eigenvalue weighted by molar-refractivity contribution is 9.10. The predicted octanol–water partition coefficient (Wildman–Crippen LogP) is 4.98. The van der Waals surface area contributed by atoms with Gasteiger partial charge >= 0.3 is 6.03 Å². The number of rotatable bonds is 8. The van der Waals surface area contributed by atoms with Crippen molar-refractivity contribution in [2.75, 3.05) is 23.4 Å². The van der Waals surface area contributed by atoms with Crippen LogP contribution in [0.2, 0.25) is 0 Å². The Morgan fingerprint density at radius 3 is 2.44 bits per heavy atom. The molecule has 9 nitrogen and oxygen atoms in total. The van der Waals surface area contributed by atoms with Crippen molar-refractivity contribution >= 4 is 57.1 Å². The molecule has 0 spiro atoms. The van der Waals surface area contributed by atoms with Gasteiger partial charge in [-0.2, -0.15) is 0 Å². The summed E-state index contributed by atoms with van der Waals surface area (Å²) in [6.45, 7) is 3.41. The molecule has 200 valence electrons. The van der Waals surface area contributed by atoms with Crippen molar-refractivity contribution in [2.24, 2.45) is 0 Å². The van der Waals surface area contributed by atoms with Crippen LogP contribution in [0.15, 0.2) is 70.7 Å². The van der Waals surface area contributed by atoms with Gasteiger partial charge in [-0.25, -0.2) is 14.1 Å². The summed E-state index contributed by atoms with van der Waals surface area (Å²) in [6, 6.07) is 14.4. The Hall–Kier alpha value is -4.51. The van der Waals surface area contributed by atoms with E-state index < -0.39 is 29.6 Å². The zero-order valence-electron chi connectivity index (χ0n) is 20.9. The number of imide groups is 2. The highest BCUT2D eigenvalue weighted by Crippen LogP contribution is 2.36. The van der Waals surface area contributed by atoms with Gasteiger partial charge < -0.3 is 14.8 Å². The summed E-state index contributed by atoms with van der Waals surface area (Å²) in [5.41, 5.74) is 1.59. The van der Waals surface area contributed by atoms with Gasteiger partial charge in [-0.1, -0.05) is 34.1 Å². The number of aryl methyl sites for hydroxylation is 1. The van der Waals surface area contributed by atoms with E-state index in [1.54, 1.807) is 44.2 Å². The van der Waals surface area contributed by atoms with Gasteiger partial charge in [0.15, 0.2) is 18.1 Å². The molecule has 11 heteroatoms. The molecule has 0 bridgehead atoms. The number of urea groups is 1. The summed E-state index contributed by atoms with van der Waals surface area (Å²) in [5, 5.41) is 4.80. The number of para-hydroxylation sites is 1. The van der Waals surface area contributed by atoms with Crippen LogP contribution in [-0.4, -0.2) is 37.0 Å². The van der Waals surface area contributed by atoms with Gasteiger partial charge in [-0.05, 0) is 73.5 Å². The molecular formula is C28H23BrFN3O6. The molecule has 4 rings (SSSR count). The number of halogens is 2. The molecule has 0 radical (unpaired) electrons. The van der Waals surface area contributed by atoms with Crippen molar-refractivity contribution < 1.29 is 33.0 Å². The number of hydrogen-bond acceptors (Lipinski definition) is 6. The largest absolute Gasteiger partial charge is 0.490 e. The average molecular weight is 596 g/mol. The van der Waals surface area contributed by atoms with Gasteiger partial charge in [-0.3, -0.25) is 19.7 Å². The second-order valence-corrected chi connectivity index (χ2v) is 9.20. The number of nitrogens with zero attached hydrogens (tertiary/aromatic N) is 1. The van der Waals surface area contributed by atoms with E-state index >= 15 is 0 Å². The van der Waals surface area contributed by atoms with Gasteiger partial charge in [0.1, 0.15) is 11.4 Å². The van der Waals surface area contributed by atoms with Crippen molar-refractivity contribution in [3.8, 4) is 11.5 Å². The molecule has 3 aromatic carbocycles. The van der Waals surface area contributed by atoms with E-state index in [0.717, 1.165) is 4.90 Å². The molecule has 0 unspecified atom stereocenters. The fraction of sp³-hybridized carbons (Fsp3) is 0.143. The van der Waals surface area contributed by atoms with Crippen molar-refractivity contribution in [1.82, 2.24) is 5.32 Å². The van der Waals surface area contributed by atoms with Crippen molar-refractivity contribution in [1.29, 1.82) is 0 Å². The van der Waals surface area contributed by atoms with Crippen molar-refractivity contribution in [3.63, 3.8) is 0 Å². The lowest BCUT2D eigenvalue weighted by atomic mass is 10.1. The highest BCUT2D eigenvalue weighted by Gasteiger charge is 2.37. The Kier molecular flexibility index (Phi) is 8.40. The van der Waals surface area contributed by atoms with E-state index in [1.807, 2.05) is 0 Å². The van der Waals surface area contributed by atoms with E-state index in [0.29, 0.717) is 27.0 Å². The molecule has 0 atom stereocenters. The Morgan fingerprint density at radius 1 is 1.05 bits per heavy atom. The molecule has 0 aliphatic carbocycles. The average Bonchev–Trinajstić information content (AvgIpc) is 2.89. The number of ether oxygens (including phenoxy) is 2. The van der Waals surface area contributed by atoms with E-state index in [9.17, 15) is 23.6 Å². The van der Waals surface area contributed by atoms with E-state index in [2.05, 4.69) is 26.6 Å². The first kappa shape index (κ1) is 27.5. The minimum atomic E-state index is -0.840. The molecule has 1 fully saturated rings. The third kappa shape index (κ3) is 6.32. The van der Waals surface area contributed by atoms with Crippen LogP contribution in [0.5, 0.6) is 11.5 Å². The predicted molar refractivity (Wildman–Crippen MR) is 146 cm³/mol. The zero-order chi connectivity index (χ0) is 28.1. The Labute approximate surface area is 231 Å². The van der Waals surface area contributed by atoms with E-state index in [4.69, 9.17) is 9.47 Å². The Balaban J connectivity index is 1.58. The van der Waals surface area contributed by atoms with Crippen LogP contribution in [-0.2, 0) is 14.4 Å². The standard InChI is InChI=1S/C28H23BrFN3O6/c1-3-38-23-13-17(21(29)14-24(23)39-15-25(34)31-19-10-8-18(30)9-11-19)12-20-26(35)32-28(37)33(27(20)36)22-7-5-4-6-16(22)2/h4-14H,3,15H2,1-2H3,(H,31,34)(H,32,35,37)/b20-12+. The van der Waals surface area contributed by atoms with Gasteiger partial charge in [-0.15, -0.1) is 0 Å². The lowest BCUT2D eigenvalue weighted by Gasteiger charge is -2.27. The van der Waals surface area contributed by atoms with Gasteiger partial charge in [0.25, 0.3) is 17.7 Å². The lowest BCUT2D eigenvalue weighted by molar-refractivity contribution is -0.122. The molecular weight excluding hydrogens is 573 g/mol. The van der Waals surface area contributed by atoms with Crippen LogP contribution in [0, 0.1) is 12.7 Å². The van der Waals surface area contributed by atoms with E-state index in [-0.39, 0.29) is 30.3 Å². The number of hydrogen-bond donors (Lipinski definition) is 2. The van der Waals surface area contributed by atoms with Crippen molar-refractivity contribution in [3.05, 3.63) is 87.7 Å². The Bertz CT molecular complexity index is 1490. The SMILES string of the molecule is CCOc1cc(/C=C2\C(=O)NC(=O)N(c3ccccc3C)C2=O)c(Br)cc1OCC(=O)Nc1ccc(F)cc1. The lowest BCUT2D eigenvalue weighted by Crippen LogP contribution is -2.54.